The molecule has 0 saturated heterocycles. The van der Waals surface area contributed by atoms with Gasteiger partial charge in [-0.25, -0.2) is 0 Å². The van der Waals surface area contributed by atoms with Crippen LogP contribution in [0.5, 0.6) is 0 Å². The molecule has 0 aliphatic heterocycles. The Balaban J connectivity index is 0.00000110. The van der Waals surface area contributed by atoms with Crippen LogP contribution < -0.4 is 20.9 Å². The molecular weight excluding hydrogens is 256 g/mol. The highest BCUT2D eigenvalue weighted by Gasteiger charge is 2.10. The van der Waals surface area contributed by atoms with E-state index in [2.05, 4.69) is 16.0 Å². The monoisotopic (exact) mass is 282 g/mol. The van der Waals surface area contributed by atoms with Crippen molar-refractivity contribution in [3.8, 4) is 0 Å². The number of nitrogens with one attached hydrogen (secondary N) is 3. The van der Waals surface area contributed by atoms with E-state index < -0.39 is 0 Å². The predicted molar refractivity (Wildman–Crippen MR) is 85.9 cm³/mol. The second kappa shape index (κ2) is 11.1. The molecule has 1 aromatic rings. The Morgan fingerprint density at radius 3 is 2.30 bits per heavy atom. The Morgan fingerprint density at radius 2 is 1.85 bits per heavy atom. The van der Waals surface area contributed by atoms with E-state index in [9.17, 15) is 4.79 Å². The van der Waals surface area contributed by atoms with E-state index in [4.69, 9.17) is 5.11 Å². The maximum Gasteiger partial charge on any atom is 0.139 e. The number of carbonyl (C=O) groups excluding carboxylic acids is 1. The van der Waals surface area contributed by atoms with Crippen molar-refractivity contribution < 1.29 is 9.90 Å². The summed E-state index contributed by atoms with van der Waals surface area (Å²) in [5, 5.41) is 17.9. The van der Waals surface area contributed by atoms with Crippen molar-refractivity contribution in [1.29, 1.82) is 0 Å². The Kier molecular flexibility index (Phi) is 10.1. The minimum absolute atomic E-state index is 0.0186. The van der Waals surface area contributed by atoms with Gasteiger partial charge in [-0.1, -0.05) is 0 Å². The molecule has 0 saturated carbocycles. The van der Waals surface area contributed by atoms with E-state index in [-0.39, 0.29) is 13.2 Å². The fourth-order valence-electron chi connectivity index (χ4n) is 1.69. The van der Waals surface area contributed by atoms with Gasteiger partial charge in [0.05, 0.1) is 24.5 Å². The first-order valence-electron chi connectivity index (χ1n) is 6.55. The third-order valence-electron chi connectivity index (χ3n) is 2.56. The lowest BCUT2D eigenvalue weighted by atomic mass is 10.2. The summed E-state index contributed by atoms with van der Waals surface area (Å²) < 4.78 is 0. The first-order chi connectivity index (χ1) is 9.68. The molecule has 0 radical (unpaired) electrons. The second-order valence-corrected chi connectivity index (χ2v) is 4.07. The lowest BCUT2D eigenvalue weighted by molar-refractivity contribution is -0.106. The first-order valence-corrected chi connectivity index (χ1v) is 6.55. The number of hydrogen-bond donors (Lipinski definition) is 4. The molecule has 20 heavy (non-hydrogen) atoms. The smallest absolute Gasteiger partial charge is 0.139 e. The van der Waals surface area contributed by atoms with Crippen LogP contribution in [0.1, 0.15) is 0 Å². The summed E-state index contributed by atoms with van der Waals surface area (Å²) in [6.45, 7) is 0.727. The topological polar surface area (TPSA) is 76.6 Å². The molecule has 4 N–H and O–H groups in total. The Bertz CT molecular complexity index is 385. The molecule has 0 heterocycles. The molecule has 0 aromatic heterocycles. The maximum atomic E-state index is 10.6. The number of rotatable bonds is 7. The highest BCUT2D eigenvalue weighted by atomic mass is 16.3. The minimum atomic E-state index is 0.0186. The van der Waals surface area contributed by atoms with Crippen LogP contribution in [-0.4, -0.2) is 59.3 Å². The molecule has 0 atom stereocenters. The lowest BCUT2D eigenvalue weighted by Gasteiger charge is -2.24. The minimum Gasteiger partial charge on any atom is -0.395 e. The average molecular weight is 282 g/mol. The van der Waals surface area contributed by atoms with Gasteiger partial charge in [-0.15, -0.1) is 0 Å². The second-order valence-electron chi connectivity index (χ2n) is 4.07. The van der Waals surface area contributed by atoms with Gasteiger partial charge < -0.3 is 30.8 Å². The van der Waals surface area contributed by atoms with Gasteiger partial charge in [0.1, 0.15) is 6.29 Å². The fraction of sp³-hybridized carbons (Fsp3) is 0.500. The lowest BCUT2D eigenvalue weighted by Crippen LogP contribution is -2.29. The Labute approximate surface area is 121 Å². The number of carbonyl (C=O) groups is 1. The van der Waals surface area contributed by atoms with Crippen LogP contribution in [0.2, 0.25) is 0 Å². The molecule has 0 unspecified atom stereocenters. The van der Waals surface area contributed by atoms with Crippen LogP contribution >= 0.6 is 0 Å². The van der Waals surface area contributed by atoms with Crippen molar-refractivity contribution in [3.63, 3.8) is 0 Å². The zero-order valence-corrected chi connectivity index (χ0v) is 12.7. The summed E-state index contributed by atoms with van der Waals surface area (Å²) in [6.07, 6.45) is 0.834. The van der Waals surface area contributed by atoms with Gasteiger partial charge in [-0.2, -0.15) is 0 Å². The van der Waals surface area contributed by atoms with Crippen molar-refractivity contribution >= 4 is 23.3 Å². The van der Waals surface area contributed by atoms with Crippen molar-refractivity contribution in [1.82, 2.24) is 5.32 Å². The molecule has 6 heteroatoms. The van der Waals surface area contributed by atoms with Crippen LogP contribution in [0.3, 0.4) is 0 Å². The molecule has 0 spiro atoms. The Morgan fingerprint density at radius 1 is 1.20 bits per heavy atom. The molecule has 1 aromatic carbocycles. The summed E-state index contributed by atoms with van der Waals surface area (Å²) in [5.41, 5.74) is 2.83. The average Bonchev–Trinajstić information content (AvgIpc) is 2.47. The molecule has 0 aliphatic carbocycles. The number of hydrogen-bond acceptors (Lipinski definition) is 6. The van der Waals surface area contributed by atoms with Crippen LogP contribution in [0.15, 0.2) is 18.2 Å². The molecular formula is C14H26N4O2. The summed E-state index contributed by atoms with van der Waals surface area (Å²) in [4.78, 5) is 12.5. The number of aliphatic hydroxyl groups is 1. The molecule has 114 valence electrons. The highest BCUT2D eigenvalue weighted by molar-refractivity contribution is 5.76. The van der Waals surface area contributed by atoms with Gasteiger partial charge >= 0.3 is 0 Å². The number of anilines is 3. The van der Waals surface area contributed by atoms with E-state index in [0.717, 1.165) is 23.3 Å². The number of nitrogens with zero attached hydrogens (tertiary/aromatic N) is 1. The third-order valence-corrected chi connectivity index (χ3v) is 2.56. The number of benzene rings is 1. The number of aliphatic hydroxyl groups excluding tert-OH is 1. The SMILES string of the molecule is CNC.CNc1ccc(N(CC=O)CCO)c(NC)c1. The van der Waals surface area contributed by atoms with Crippen LogP contribution in [-0.2, 0) is 4.79 Å². The van der Waals surface area contributed by atoms with E-state index in [0.29, 0.717) is 6.54 Å². The predicted octanol–water partition coefficient (Wildman–Crippen LogP) is 0.603. The third kappa shape index (κ3) is 5.90. The van der Waals surface area contributed by atoms with E-state index >= 15 is 0 Å². The van der Waals surface area contributed by atoms with E-state index in [1.165, 1.54) is 0 Å². The van der Waals surface area contributed by atoms with Gasteiger partial charge in [0.2, 0.25) is 0 Å². The van der Waals surface area contributed by atoms with Gasteiger partial charge in [-0.05, 0) is 32.3 Å². The molecule has 0 amide bonds. The molecule has 1 rings (SSSR count). The van der Waals surface area contributed by atoms with Crippen molar-refractivity contribution in [2.24, 2.45) is 0 Å². The maximum absolute atomic E-state index is 10.6. The molecule has 6 nitrogen and oxygen atoms in total. The largest absolute Gasteiger partial charge is 0.395 e. The molecule has 0 aliphatic rings. The molecule has 0 bridgehead atoms. The Hall–Kier alpha value is -1.79. The van der Waals surface area contributed by atoms with Gasteiger partial charge in [-0.3, -0.25) is 0 Å². The van der Waals surface area contributed by atoms with E-state index in [1.54, 1.807) is 0 Å². The summed E-state index contributed by atoms with van der Waals surface area (Å²) in [6, 6.07) is 5.83. The van der Waals surface area contributed by atoms with Crippen LogP contribution in [0.25, 0.3) is 0 Å². The summed E-state index contributed by atoms with van der Waals surface area (Å²) >= 11 is 0. The zero-order chi connectivity index (χ0) is 15.4. The molecule has 0 fully saturated rings. The summed E-state index contributed by atoms with van der Waals surface area (Å²) in [5.74, 6) is 0. The van der Waals surface area contributed by atoms with E-state index in [1.807, 2.05) is 51.3 Å². The van der Waals surface area contributed by atoms with Crippen molar-refractivity contribution in [2.75, 3.05) is 63.4 Å². The highest BCUT2D eigenvalue weighted by Crippen LogP contribution is 2.28. The normalized spacial score (nSPS) is 9.25. The van der Waals surface area contributed by atoms with Crippen LogP contribution in [0.4, 0.5) is 17.1 Å². The van der Waals surface area contributed by atoms with Crippen molar-refractivity contribution in [3.05, 3.63) is 18.2 Å². The van der Waals surface area contributed by atoms with Gasteiger partial charge in [0.15, 0.2) is 0 Å². The zero-order valence-electron chi connectivity index (χ0n) is 12.7. The summed E-state index contributed by atoms with van der Waals surface area (Å²) in [7, 11) is 7.43. The van der Waals surface area contributed by atoms with Crippen molar-refractivity contribution in [2.45, 2.75) is 0 Å². The first kappa shape index (κ1) is 18.2. The van der Waals surface area contributed by atoms with Crippen LogP contribution in [0, 0.1) is 0 Å². The number of aldehydes is 1. The quantitative estimate of drug-likeness (QED) is 0.549. The van der Waals surface area contributed by atoms with Gasteiger partial charge in [0.25, 0.3) is 0 Å². The van der Waals surface area contributed by atoms with Gasteiger partial charge in [0, 0.05) is 26.3 Å². The standard InChI is InChI=1S/C12H19N3O2.C2H7N/c1-13-10-3-4-12(11(9-10)14-2)15(5-7-16)6-8-17;1-3-2/h3-4,7,9,13-14,17H,5-6,8H2,1-2H3;3H,1-2H3. The fourth-order valence-corrected chi connectivity index (χ4v) is 1.69.